The molecule has 1 aromatic heterocycles. The minimum Gasteiger partial charge on any atom is -0.259 e. The van der Waals surface area contributed by atoms with Gasteiger partial charge in [0.05, 0.1) is 12.4 Å². The summed E-state index contributed by atoms with van der Waals surface area (Å²) >= 11 is 10.7. The first-order valence-electron chi connectivity index (χ1n) is 4.15. The van der Waals surface area contributed by atoms with Gasteiger partial charge in [-0.2, -0.15) is 0 Å². The summed E-state index contributed by atoms with van der Waals surface area (Å²) in [6, 6.07) is 8.00. The highest BCUT2D eigenvalue weighted by Gasteiger charge is 2.00. The molecule has 0 saturated carbocycles. The summed E-state index contributed by atoms with van der Waals surface area (Å²) in [7, 11) is 0. The van der Waals surface area contributed by atoms with Crippen molar-refractivity contribution >= 4 is 39.3 Å². The van der Waals surface area contributed by atoms with E-state index in [9.17, 15) is 0 Å². The molecular weight excluding hydrogens is 296 g/mol. The minimum atomic E-state index is 0.414. The van der Waals surface area contributed by atoms with Gasteiger partial charge in [0.15, 0.2) is 0 Å². The summed E-state index contributed by atoms with van der Waals surface area (Å²) < 4.78 is 1.06. The van der Waals surface area contributed by atoms with Crippen LogP contribution in [0.25, 0.3) is 0 Å². The van der Waals surface area contributed by atoms with Gasteiger partial charge >= 0.3 is 0 Å². The predicted molar refractivity (Wildman–Crippen MR) is 65.3 cm³/mol. The van der Waals surface area contributed by atoms with Crippen molar-refractivity contribution in [1.29, 1.82) is 0 Å². The van der Waals surface area contributed by atoms with Crippen LogP contribution < -0.4 is 0 Å². The van der Waals surface area contributed by atoms with Crippen molar-refractivity contribution < 1.29 is 0 Å². The fourth-order valence-corrected chi connectivity index (χ4v) is 2.23. The van der Waals surface area contributed by atoms with Crippen molar-refractivity contribution in [3.05, 3.63) is 46.3 Å². The van der Waals surface area contributed by atoms with Crippen LogP contribution in [0.4, 0.5) is 0 Å². The molecule has 5 heteroatoms. The lowest BCUT2D eigenvalue weighted by molar-refractivity contribution is 1.06. The molecule has 2 nitrogen and oxygen atoms in total. The van der Waals surface area contributed by atoms with Crippen molar-refractivity contribution in [2.75, 3.05) is 0 Å². The molecular formula is C10H6BrClN2S. The molecule has 0 aliphatic heterocycles. The highest BCUT2D eigenvalue weighted by atomic mass is 79.9. The molecule has 1 aromatic carbocycles. The normalized spacial score (nSPS) is 10.3. The summed E-state index contributed by atoms with van der Waals surface area (Å²) in [6.45, 7) is 0. The number of nitrogens with zero attached hydrogens (tertiary/aromatic N) is 2. The summed E-state index contributed by atoms with van der Waals surface area (Å²) in [5, 5.41) is 1.21. The lowest BCUT2D eigenvalue weighted by Crippen LogP contribution is -1.82. The van der Waals surface area contributed by atoms with E-state index in [1.807, 2.05) is 24.3 Å². The molecule has 0 atom stereocenters. The van der Waals surface area contributed by atoms with Gasteiger partial charge in [-0.3, -0.25) is 4.98 Å². The smallest absolute Gasteiger partial charge is 0.148 e. The maximum Gasteiger partial charge on any atom is 0.148 e. The highest BCUT2D eigenvalue weighted by Crippen LogP contribution is 2.27. The van der Waals surface area contributed by atoms with E-state index in [2.05, 4.69) is 25.9 Å². The van der Waals surface area contributed by atoms with Gasteiger partial charge in [-0.15, -0.1) is 0 Å². The number of benzene rings is 1. The molecule has 0 unspecified atom stereocenters. The topological polar surface area (TPSA) is 25.8 Å². The van der Waals surface area contributed by atoms with Crippen LogP contribution in [-0.2, 0) is 0 Å². The van der Waals surface area contributed by atoms with E-state index in [-0.39, 0.29) is 0 Å². The van der Waals surface area contributed by atoms with Crippen molar-refractivity contribution in [2.45, 2.75) is 9.92 Å². The lowest BCUT2D eigenvalue weighted by Gasteiger charge is -2.00. The Hall–Kier alpha value is -0.580. The van der Waals surface area contributed by atoms with Gasteiger partial charge in [0.2, 0.25) is 0 Å². The summed E-state index contributed by atoms with van der Waals surface area (Å²) in [5.74, 6) is 0. The van der Waals surface area contributed by atoms with Gasteiger partial charge in [-0.05, 0) is 24.3 Å². The van der Waals surface area contributed by atoms with Gasteiger partial charge < -0.3 is 0 Å². The molecule has 0 fully saturated rings. The van der Waals surface area contributed by atoms with Gasteiger partial charge in [0.1, 0.15) is 10.2 Å². The Labute approximate surface area is 105 Å². The van der Waals surface area contributed by atoms with Crippen LogP contribution in [0.2, 0.25) is 5.15 Å². The molecule has 0 amide bonds. The largest absolute Gasteiger partial charge is 0.259 e. The van der Waals surface area contributed by atoms with E-state index in [4.69, 9.17) is 11.6 Å². The average Bonchev–Trinajstić information content (AvgIpc) is 2.22. The monoisotopic (exact) mass is 300 g/mol. The third kappa shape index (κ3) is 3.19. The van der Waals surface area contributed by atoms with Crippen LogP contribution in [0, 0.1) is 0 Å². The van der Waals surface area contributed by atoms with E-state index < -0.39 is 0 Å². The van der Waals surface area contributed by atoms with Gasteiger partial charge in [0, 0.05) is 9.37 Å². The van der Waals surface area contributed by atoms with E-state index in [0.717, 1.165) is 14.4 Å². The number of rotatable bonds is 2. The molecule has 15 heavy (non-hydrogen) atoms. The Bertz CT molecular complexity index is 461. The Morgan fingerprint density at radius 2 is 1.87 bits per heavy atom. The average molecular weight is 302 g/mol. The summed E-state index contributed by atoms with van der Waals surface area (Å²) in [5.41, 5.74) is 0. The molecule has 0 spiro atoms. The molecule has 2 rings (SSSR count). The Kier molecular flexibility index (Phi) is 3.61. The molecule has 0 N–H and O–H groups in total. The molecule has 0 aliphatic carbocycles. The number of halogens is 2. The third-order valence-corrected chi connectivity index (χ3v) is 3.24. The van der Waals surface area contributed by atoms with Gasteiger partial charge in [0.25, 0.3) is 0 Å². The second-order valence-corrected chi connectivity index (χ2v) is 5.13. The van der Waals surface area contributed by atoms with E-state index in [1.165, 1.54) is 18.0 Å². The van der Waals surface area contributed by atoms with Crippen molar-refractivity contribution in [1.82, 2.24) is 9.97 Å². The van der Waals surface area contributed by atoms with Crippen molar-refractivity contribution in [2.24, 2.45) is 0 Å². The summed E-state index contributed by atoms with van der Waals surface area (Å²) in [4.78, 5) is 9.22. The molecule has 0 saturated heterocycles. The van der Waals surface area contributed by atoms with Gasteiger partial charge in [-0.1, -0.05) is 39.3 Å². The highest BCUT2D eigenvalue weighted by molar-refractivity contribution is 9.10. The zero-order valence-corrected chi connectivity index (χ0v) is 10.7. The van der Waals surface area contributed by atoms with Crippen LogP contribution in [0.1, 0.15) is 0 Å². The molecule has 0 bridgehead atoms. The molecule has 76 valence electrons. The van der Waals surface area contributed by atoms with Crippen LogP contribution >= 0.6 is 39.3 Å². The second kappa shape index (κ2) is 4.96. The Morgan fingerprint density at radius 1 is 1.13 bits per heavy atom. The molecule has 0 radical (unpaired) electrons. The number of hydrogen-bond acceptors (Lipinski definition) is 3. The van der Waals surface area contributed by atoms with Crippen LogP contribution in [-0.4, -0.2) is 9.97 Å². The Morgan fingerprint density at radius 3 is 2.53 bits per heavy atom. The summed E-state index contributed by atoms with van der Waals surface area (Å²) in [6.07, 6.45) is 3.21. The SMILES string of the molecule is Clc1cncc(Sc2ccc(Br)cc2)n1. The quantitative estimate of drug-likeness (QED) is 0.837. The van der Waals surface area contributed by atoms with E-state index in [1.54, 1.807) is 6.20 Å². The first kappa shape index (κ1) is 10.9. The fourth-order valence-electron chi connectivity index (χ4n) is 0.998. The zero-order valence-electron chi connectivity index (χ0n) is 7.52. The molecule has 1 heterocycles. The molecule has 0 aliphatic rings. The maximum atomic E-state index is 5.74. The predicted octanol–water partition coefficient (Wildman–Crippen LogP) is 4.04. The first-order valence-corrected chi connectivity index (χ1v) is 6.14. The van der Waals surface area contributed by atoms with Crippen LogP contribution in [0.5, 0.6) is 0 Å². The van der Waals surface area contributed by atoms with Crippen molar-refractivity contribution in [3.63, 3.8) is 0 Å². The standard InChI is InChI=1S/C10H6BrClN2S/c11-7-1-3-8(4-2-7)15-10-6-13-5-9(12)14-10/h1-6H. The number of aromatic nitrogens is 2. The van der Waals surface area contributed by atoms with Crippen LogP contribution in [0.15, 0.2) is 51.1 Å². The van der Waals surface area contributed by atoms with Gasteiger partial charge in [-0.25, -0.2) is 4.98 Å². The van der Waals surface area contributed by atoms with Crippen molar-refractivity contribution in [3.8, 4) is 0 Å². The fraction of sp³-hybridized carbons (Fsp3) is 0. The number of hydrogen-bond donors (Lipinski definition) is 0. The second-order valence-electron chi connectivity index (χ2n) is 2.74. The third-order valence-electron chi connectivity index (χ3n) is 1.62. The Balaban J connectivity index is 2.18. The zero-order chi connectivity index (χ0) is 10.7. The van der Waals surface area contributed by atoms with E-state index >= 15 is 0 Å². The van der Waals surface area contributed by atoms with Crippen LogP contribution in [0.3, 0.4) is 0 Å². The molecule has 2 aromatic rings. The minimum absolute atomic E-state index is 0.414. The first-order chi connectivity index (χ1) is 7.24. The van der Waals surface area contributed by atoms with E-state index in [0.29, 0.717) is 5.15 Å². The lowest BCUT2D eigenvalue weighted by atomic mass is 10.4. The maximum absolute atomic E-state index is 5.74.